The molecule has 6 heteroatoms. The van der Waals surface area contributed by atoms with Gasteiger partial charge in [-0.1, -0.05) is 6.92 Å². The van der Waals surface area contributed by atoms with Crippen molar-refractivity contribution in [1.29, 1.82) is 0 Å². The Morgan fingerprint density at radius 3 is 2.67 bits per heavy atom. The number of hydrogen-bond acceptors (Lipinski definition) is 3. The first-order valence-electron chi connectivity index (χ1n) is 6.27. The van der Waals surface area contributed by atoms with Gasteiger partial charge in [-0.3, -0.25) is 0 Å². The molecule has 0 aromatic rings. The van der Waals surface area contributed by atoms with E-state index >= 15 is 0 Å². The Kier molecular flexibility index (Phi) is 5.31. The maximum atomic E-state index is 11.9. The third-order valence-electron chi connectivity index (χ3n) is 3.37. The van der Waals surface area contributed by atoms with Crippen LogP contribution in [0.1, 0.15) is 33.1 Å². The zero-order chi connectivity index (χ0) is 13.8. The number of carbonyl (C=O) groups excluding carboxylic acids is 1. The van der Waals surface area contributed by atoms with Crippen LogP contribution in [0.25, 0.3) is 0 Å². The van der Waals surface area contributed by atoms with E-state index in [9.17, 15) is 9.59 Å². The number of likely N-dealkylation sites (N-methyl/N-ethyl adjacent to an activating group) is 1. The predicted octanol–water partition coefficient (Wildman–Crippen LogP) is 1.78. The van der Waals surface area contributed by atoms with Crippen LogP contribution in [0.5, 0.6) is 0 Å². The van der Waals surface area contributed by atoms with Gasteiger partial charge in [-0.2, -0.15) is 11.8 Å². The van der Waals surface area contributed by atoms with Crippen LogP contribution in [-0.2, 0) is 4.79 Å². The molecule has 0 spiro atoms. The maximum absolute atomic E-state index is 11.9. The fraction of sp³-hybridized carbons (Fsp3) is 0.833. The number of thioether (sulfide) groups is 1. The zero-order valence-corrected chi connectivity index (χ0v) is 12.0. The zero-order valence-electron chi connectivity index (χ0n) is 11.2. The molecule has 5 nitrogen and oxygen atoms in total. The van der Waals surface area contributed by atoms with Crippen LogP contribution in [0.4, 0.5) is 4.79 Å². The van der Waals surface area contributed by atoms with E-state index in [1.807, 2.05) is 11.8 Å². The molecular weight excluding hydrogens is 252 g/mol. The molecule has 1 heterocycles. The summed E-state index contributed by atoms with van der Waals surface area (Å²) >= 11 is 1.87. The van der Waals surface area contributed by atoms with Crippen molar-refractivity contribution in [2.75, 3.05) is 19.3 Å². The maximum Gasteiger partial charge on any atom is 0.326 e. The van der Waals surface area contributed by atoms with Crippen LogP contribution >= 0.6 is 11.8 Å². The van der Waals surface area contributed by atoms with Gasteiger partial charge in [-0.25, -0.2) is 9.59 Å². The van der Waals surface area contributed by atoms with E-state index in [2.05, 4.69) is 12.2 Å². The topological polar surface area (TPSA) is 69.6 Å². The summed E-state index contributed by atoms with van der Waals surface area (Å²) in [4.78, 5) is 24.1. The molecule has 0 aromatic carbocycles. The number of nitrogens with zero attached hydrogens (tertiary/aromatic N) is 1. The Labute approximate surface area is 112 Å². The van der Waals surface area contributed by atoms with Gasteiger partial charge in [0.25, 0.3) is 0 Å². The van der Waals surface area contributed by atoms with Crippen LogP contribution in [0.15, 0.2) is 0 Å². The Hall–Kier alpha value is -0.910. The molecular formula is C12H22N2O3S. The molecule has 0 bridgehead atoms. The SMILES string of the molecule is CCC(C(=O)O)N(C)C(=O)NCC1(C)CCCS1. The first kappa shape index (κ1) is 15.1. The van der Waals surface area contributed by atoms with Gasteiger partial charge in [0.2, 0.25) is 0 Å². The average Bonchev–Trinajstić information content (AvgIpc) is 2.74. The Balaban J connectivity index is 2.46. The van der Waals surface area contributed by atoms with Crippen molar-refractivity contribution in [3.05, 3.63) is 0 Å². The van der Waals surface area contributed by atoms with Crippen LogP contribution < -0.4 is 5.32 Å². The molecule has 2 atom stereocenters. The molecule has 1 fully saturated rings. The molecule has 1 rings (SSSR count). The van der Waals surface area contributed by atoms with Gasteiger partial charge in [-0.05, 0) is 31.9 Å². The highest BCUT2D eigenvalue weighted by Gasteiger charge is 2.31. The van der Waals surface area contributed by atoms with Crippen molar-refractivity contribution in [3.63, 3.8) is 0 Å². The number of carboxylic acid groups (broad SMARTS) is 1. The van der Waals surface area contributed by atoms with Crippen molar-refractivity contribution in [2.24, 2.45) is 0 Å². The standard InChI is InChI=1S/C12H22N2O3S/c1-4-9(10(15)16)14(3)11(17)13-8-12(2)6-5-7-18-12/h9H,4-8H2,1-3H3,(H,13,17)(H,15,16). The monoisotopic (exact) mass is 274 g/mol. The lowest BCUT2D eigenvalue weighted by atomic mass is 10.1. The molecule has 1 saturated heterocycles. The third kappa shape index (κ3) is 3.80. The number of rotatable bonds is 5. The number of carboxylic acids is 1. The Bertz CT molecular complexity index is 316. The molecule has 1 aliphatic rings. The van der Waals surface area contributed by atoms with Gasteiger partial charge in [-0.15, -0.1) is 0 Å². The first-order valence-corrected chi connectivity index (χ1v) is 7.25. The first-order chi connectivity index (χ1) is 8.39. The van der Waals surface area contributed by atoms with Crippen LogP contribution in [-0.4, -0.2) is 52.1 Å². The number of nitrogens with one attached hydrogen (secondary N) is 1. The lowest BCUT2D eigenvalue weighted by Crippen LogP contribution is -2.49. The minimum atomic E-state index is -0.961. The molecule has 0 aliphatic carbocycles. The summed E-state index contributed by atoms with van der Waals surface area (Å²) in [6, 6.07) is -1.06. The van der Waals surface area contributed by atoms with Crippen molar-refractivity contribution in [2.45, 2.75) is 43.9 Å². The van der Waals surface area contributed by atoms with E-state index in [0.29, 0.717) is 13.0 Å². The Morgan fingerprint density at radius 2 is 2.22 bits per heavy atom. The molecule has 2 amide bonds. The molecule has 104 valence electrons. The minimum absolute atomic E-state index is 0.0986. The predicted molar refractivity (Wildman–Crippen MR) is 73.0 cm³/mol. The highest BCUT2D eigenvalue weighted by Crippen LogP contribution is 2.36. The highest BCUT2D eigenvalue weighted by atomic mass is 32.2. The summed E-state index contributed by atoms with van der Waals surface area (Å²) in [5.41, 5.74) is 0. The van der Waals surface area contributed by atoms with Crippen molar-refractivity contribution < 1.29 is 14.7 Å². The highest BCUT2D eigenvalue weighted by molar-refractivity contribution is 8.00. The smallest absolute Gasteiger partial charge is 0.326 e. The summed E-state index contributed by atoms with van der Waals surface area (Å²) in [6.45, 7) is 4.49. The molecule has 2 unspecified atom stereocenters. The summed E-state index contributed by atoms with van der Waals surface area (Å²) in [5, 5.41) is 11.8. The number of carbonyl (C=O) groups is 2. The lowest BCUT2D eigenvalue weighted by molar-refractivity contribution is -0.141. The third-order valence-corrected chi connectivity index (χ3v) is 4.91. The van der Waals surface area contributed by atoms with Gasteiger partial charge in [0, 0.05) is 18.3 Å². The minimum Gasteiger partial charge on any atom is -0.480 e. The van der Waals surface area contributed by atoms with Gasteiger partial charge < -0.3 is 15.3 Å². The lowest BCUT2D eigenvalue weighted by Gasteiger charge is -2.27. The van der Waals surface area contributed by atoms with E-state index in [0.717, 1.165) is 12.2 Å². The fourth-order valence-electron chi connectivity index (χ4n) is 2.12. The molecule has 2 N–H and O–H groups in total. The van der Waals surface area contributed by atoms with Gasteiger partial charge >= 0.3 is 12.0 Å². The summed E-state index contributed by atoms with van der Waals surface area (Å²) in [7, 11) is 1.53. The van der Waals surface area contributed by atoms with Crippen molar-refractivity contribution >= 4 is 23.8 Å². The van der Waals surface area contributed by atoms with Crippen LogP contribution in [0, 0.1) is 0 Å². The van der Waals surface area contributed by atoms with Gasteiger partial charge in [0.15, 0.2) is 0 Å². The molecule has 0 saturated carbocycles. The Morgan fingerprint density at radius 1 is 1.56 bits per heavy atom. The molecule has 18 heavy (non-hydrogen) atoms. The van der Waals surface area contributed by atoms with E-state index < -0.39 is 12.0 Å². The molecule has 1 aliphatic heterocycles. The normalized spacial score (nSPS) is 24.6. The van der Waals surface area contributed by atoms with E-state index in [-0.39, 0.29) is 10.8 Å². The fourth-order valence-corrected chi connectivity index (χ4v) is 3.36. The largest absolute Gasteiger partial charge is 0.480 e. The summed E-state index contributed by atoms with van der Waals surface area (Å²) < 4.78 is 0.0986. The van der Waals surface area contributed by atoms with Crippen LogP contribution in [0.3, 0.4) is 0 Å². The number of aliphatic carboxylic acids is 1. The van der Waals surface area contributed by atoms with E-state index in [1.165, 1.54) is 18.4 Å². The average molecular weight is 274 g/mol. The number of hydrogen-bond donors (Lipinski definition) is 2. The molecule has 0 radical (unpaired) electrons. The second-order valence-corrected chi connectivity index (χ2v) is 6.62. The van der Waals surface area contributed by atoms with Gasteiger partial charge in [0.1, 0.15) is 6.04 Å². The quantitative estimate of drug-likeness (QED) is 0.801. The van der Waals surface area contributed by atoms with Crippen molar-refractivity contribution in [1.82, 2.24) is 10.2 Å². The van der Waals surface area contributed by atoms with E-state index in [4.69, 9.17) is 5.11 Å². The second kappa shape index (κ2) is 6.31. The number of amides is 2. The van der Waals surface area contributed by atoms with E-state index in [1.54, 1.807) is 6.92 Å². The molecule has 0 aromatic heterocycles. The van der Waals surface area contributed by atoms with Gasteiger partial charge in [0.05, 0.1) is 0 Å². The van der Waals surface area contributed by atoms with Crippen molar-refractivity contribution in [3.8, 4) is 0 Å². The summed E-state index contributed by atoms with van der Waals surface area (Å²) in [6.07, 6.45) is 2.68. The number of urea groups is 1. The van der Waals surface area contributed by atoms with Crippen LogP contribution in [0.2, 0.25) is 0 Å². The second-order valence-electron chi connectivity index (χ2n) is 4.93. The summed E-state index contributed by atoms with van der Waals surface area (Å²) in [5.74, 6) is 0.172.